The molecule has 3 N–H and O–H groups in total. The Morgan fingerprint density at radius 3 is 2.86 bits per heavy atom. The predicted octanol–water partition coefficient (Wildman–Crippen LogP) is 3.26. The average Bonchev–Trinajstić information content (AvgIpc) is 2.81. The Bertz CT molecular complexity index is 650. The van der Waals surface area contributed by atoms with Crippen LogP contribution < -0.4 is 15.8 Å². The molecule has 0 radical (unpaired) electrons. The molecule has 3 rings (SSSR count). The zero-order valence-electron chi connectivity index (χ0n) is 12.7. The van der Waals surface area contributed by atoms with E-state index in [0.717, 1.165) is 29.2 Å². The van der Waals surface area contributed by atoms with Gasteiger partial charge in [0.25, 0.3) is 0 Å². The van der Waals surface area contributed by atoms with Crippen molar-refractivity contribution < 1.29 is 9.15 Å². The van der Waals surface area contributed by atoms with E-state index in [2.05, 4.69) is 10.3 Å². The molecular weight excluding hydrogens is 393 g/mol. The van der Waals surface area contributed by atoms with E-state index in [9.17, 15) is 0 Å². The topological polar surface area (TPSA) is 72.8 Å². The second-order valence-corrected chi connectivity index (χ2v) is 5.43. The zero-order valence-corrected chi connectivity index (χ0v) is 15.0. The summed E-state index contributed by atoms with van der Waals surface area (Å²) in [5, 5.41) is 4.14. The fraction of sp³-hybridized carbons (Fsp3) is 0.438. The van der Waals surface area contributed by atoms with Crippen LogP contribution in [0.25, 0.3) is 11.0 Å². The lowest BCUT2D eigenvalue weighted by atomic mass is 9.85. The summed E-state index contributed by atoms with van der Waals surface area (Å²) in [5.74, 6) is 2.65. The maximum Gasteiger partial charge on any atom is 0.189 e. The number of guanidine groups is 1. The number of fused-ring (bicyclic) bond motifs is 1. The molecule has 1 aromatic carbocycles. The van der Waals surface area contributed by atoms with Crippen molar-refractivity contribution in [1.29, 1.82) is 0 Å². The summed E-state index contributed by atoms with van der Waals surface area (Å²) < 4.78 is 11.2. The van der Waals surface area contributed by atoms with Crippen molar-refractivity contribution in [3.63, 3.8) is 0 Å². The summed E-state index contributed by atoms with van der Waals surface area (Å²) in [6.07, 6.45) is 3.91. The molecule has 0 atom stereocenters. The molecule has 1 fully saturated rings. The van der Waals surface area contributed by atoms with Crippen LogP contribution in [0.3, 0.4) is 0 Å². The molecule has 0 amide bonds. The molecule has 0 aliphatic heterocycles. The number of para-hydroxylation sites is 1. The quantitative estimate of drug-likeness (QED) is 0.447. The lowest BCUT2D eigenvalue weighted by Gasteiger charge is -2.25. The van der Waals surface area contributed by atoms with Crippen molar-refractivity contribution in [2.75, 3.05) is 13.7 Å². The Kier molecular flexibility index (Phi) is 5.93. The van der Waals surface area contributed by atoms with Crippen LogP contribution in [0.2, 0.25) is 0 Å². The molecule has 1 aliphatic rings. The summed E-state index contributed by atoms with van der Waals surface area (Å²) in [6.45, 7) is 1.29. The number of aliphatic imine (C=N–C) groups is 1. The van der Waals surface area contributed by atoms with E-state index in [1.807, 2.05) is 24.3 Å². The number of nitrogens with two attached hydrogens (primary N) is 1. The standard InChI is InChI=1S/C16H21N3O2.HI/c1-20-15-12-7-2-3-8-13(12)21-14(15)10-19-16(17)18-9-11-5-4-6-11;/h2-3,7-8,11H,4-6,9-10H2,1H3,(H3,17,18,19);1H. The van der Waals surface area contributed by atoms with Gasteiger partial charge in [0.1, 0.15) is 12.1 Å². The molecule has 1 aliphatic carbocycles. The highest BCUT2D eigenvalue weighted by Crippen LogP contribution is 2.33. The third-order valence-electron chi connectivity index (χ3n) is 4.01. The van der Waals surface area contributed by atoms with Crippen molar-refractivity contribution in [3.05, 3.63) is 30.0 Å². The third-order valence-corrected chi connectivity index (χ3v) is 4.01. The minimum Gasteiger partial charge on any atom is -0.492 e. The summed E-state index contributed by atoms with van der Waals surface area (Å²) in [7, 11) is 1.64. The molecule has 0 spiro atoms. The van der Waals surface area contributed by atoms with E-state index in [-0.39, 0.29) is 24.0 Å². The van der Waals surface area contributed by atoms with Crippen molar-refractivity contribution >= 4 is 40.9 Å². The number of rotatable bonds is 5. The van der Waals surface area contributed by atoms with Gasteiger partial charge in [-0.3, -0.25) is 0 Å². The summed E-state index contributed by atoms with van der Waals surface area (Å²) in [6, 6.07) is 7.79. The number of hydrogen-bond acceptors (Lipinski definition) is 3. The van der Waals surface area contributed by atoms with Gasteiger partial charge in [-0.1, -0.05) is 18.6 Å². The second-order valence-electron chi connectivity index (χ2n) is 5.43. The van der Waals surface area contributed by atoms with Crippen LogP contribution in [0.4, 0.5) is 0 Å². The summed E-state index contributed by atoms with van der Waals surface area (Å²) >= 11 is 0. The van der Waals surface area contributed by atoms with E-state index >= 15 is 0 Å². The highest BCUT2D eigenvalue weighted by Gasteiger charge is 2.17. The molecule has 1 saturated carbocycles. The van der Waals surface area contributed by atoms with Gasteiger partial charge in [0.15, 0.2) is 17.5 Å². The van der Waals surface area contributed by atoms with Gasteiger partial charge >= 0.3 is 0 Å². The van der Waals surface area contributed by atoms with Crippen LogP contribution >= 0.6 is 24.0 Å². The number of benzene rings is 1. The number of furan rings is 1. The van der Waals surface area contributed by atoms with Crippen molar-refractivity contribution in [2.45, 2.75) is 25.8 Å². The van der Waals surface area contributed by atoms with Gasteiger partial charge in [-0.2, -0.15) is 0 Å². The van der Waals surface area contributed by atoms with Crippen LogP contribution in [-0.2, 0) is 6.54 Å². The lowest BCUT2D eigenvalue weighted by Crippen LogP contribution is -2.37. The van der Waals surface area contributed by atoms with Crippen LogP contribution in [0, 0.1) is 5.92 Å². The Labute approximate surface area is 147 Å². The lowest BCUT2D eigenvalue weighted by molar-refractivity contribution is 0.315. The molecule has 1 aromatic heterocycles. The molecule has 1 heterocycles. The number of hydrogen-bond donors (Lipinski definition) is 2. The fourth-order valence-corrected chi connectivity index (χ4v) is 2.56. The van der Waals surface area contributed by atoms with Gasteiger partial charge in [0.2, 0.25) is 0 Å². The van der Waals surface area contributed by atoms with Crippen LogP contribution in [-0.4, -0.2) is 19.6 Å². The minimum atomic E-state index is 0. The van der Waals surface area contributed by atoms with Crippen LogP contribution in [0.5, 0.6) is 5.75 Å². The van der Waals surface area contributed by atoms with E-state index in [0.29, 0.717) is 18.3 Å². The van der Waals surface area contributed by atoms with Gasteiger partial charge in [-0.25, -0.2) is 4.99 Å². The van der Waals surface area contributed by atoms with Crippen molar-refractivity contribution in [2.24, 2.45) is 16.6 Å². The van der Waals surface area contributed by atoms with Crippen molar-refractivity contribution in [1.82, 2.24) is 5.32 Å². The summed E-state index contributed by atoms with van der Waals surface area (Å²) in [4.78, 5) is 4.34. The zero-order chi connectivity index (χ0) is 14.7. The molecule has 0 bridgehead atoms. The molecule has 6 heteroatoms. The highest BCUT2D eigenvalue weighted by molar-refractivity contribution is 14.0. The smallest absolute Gasteiger partial charge is 0.189 e. The molecule has 22 heavy (non-hydrogen) atoms. The minimum absolute atomic E-state index is 0. The Morgan fingerprint density at radius 2 is 2.18 bits per heavy atom. The first kappa shape index (κ1) is 16.9. The first-order chi connectivity index (χ1) is 10.3. The maximum atomic E-state index is 5.89. The number of methoxy groups -OCH3 is 1. The largest absolute Gasteiger partial charge is 0.492 e. The molecule has 120 valence electrons. The molecule has 0 unspecified atom stereocenters. The fourth-order valence-electron chi connectivity index (χ4n) is 2.56. The van der Waals surface area contributed by atoms with E-state index < -0.39 is 0 Å². The maximum absolute atomic E-state index is 5.89. The van der Waals surface area contributed by atoms with Gasteiger partial charge < -0.3 is 20.2 Å². The van der Waals surface area contributed by atoms with Crippen LogP contribution in [0.15, 0.2) is 33.7 Å². The number of halogens is 1. The first-order valence-electron chi connectivity index (χ1n) is 7.36. The second kappa shape index (κ2) is 7.71. The van der Waals surface area contributed by atoms with Crippen LogP contribution in [0.1, 0.15) is 25.0 Å². The van der Waals surface area contributed by atoms with Crippen molar-refractivity contribution in [3.8, 4) is 5.75 Å². The van der Waals surface area contributed by atoms with Gasteiger partial charge in [0, 0.05) is 6.54 Å². The first-order valence-corrected chi connectivity index (χ1v) is 7.36. The van der Waals surface area contributed by atoms with E-state index in [4.69, 9.17) is 14.9 Å². The third kappa shape index (κ3) is 3.66. The highest BCUT2D eigenvalue weighted by atomic mass is 127. The molecule has 2 aromatic rings. The number of nitrogens with zero attached hydrogens (tertiary/aromatic N) is 1. The Morgan fingerprint density at radius 1 is 1.41 bits per heavy atom. The van der Waals surface area contributed by atoms with E-state index in [1.165, 1.54) is 19.3 Å². The van der Waals surface area contributed by atoms with E-state index in [1.54, 1.807) is 7.11 Å². The average molecular weight is 415 g/mol. The monoisotopic (exact) mass is 415 g/mol. The summed E-state index contributed by atoms with van der Waals surface area (Å²) in [5.41, 5.74) is 6.70. The molecule has 5 nitrogen and oxygen atoms in total. The number of ether oxygens (including phenoxy) is 1. The molecule has 0 saturated heterocycles. The Balaban J connectivity index is 0.00000176. The van der Waals surface area contributed by atoms with Gasteiger partial charge in [-0.05, 0) is 30.9 Å². The predicted molar refractivity (Wildman–Crippen MR) is 98.9 cm³/mol. The Hall–Kier alpha value is -1.44. The van der Waals surface area contributed by atoms with Gasteiger partial charge in [0.05, 0.1) is 12.5 Å². The SMILES string of the molecule is COc1c(CN=C(N)NCC2CCC2)oc2ccccc12.I. The number of nitrogens with one attached hydrogen (secondary N) is 1. The molecular formula is C16H22IN3O2. The van der Waals surface area contributed by atoms with Gasteiger partial charge in [-0.15, -0.1) is 24.0 Å². The normalized spacial score (nSPS) is 15.2.